The van der Waals surface area contributed by atoms with Crippen molar-refractivity contribution in [2.75, 3.05) is 36.5 Å². The fourth-order valence-corrected chi connectivity index (χ4v) is 3.51. The van der Waals surface area contributed by atoms with Crippen LogP contribution in [-0.2, 0) is 17.6 Å². The van der Waals surface area contributed by atoms with Gasteiger partial charge in [0.1, 0.15) is 0 Å². The molecule has 2 N–H and O–H groups in total. The van der Waals surface area contributed by atoms with E-state index in [1.165, 1.54) is 0 Å². The summed E-state index contributed by atoms with van der Waals surface area (Å²) in [6.07, 6.45) is 4.20. The van der Waals surface area contributed by atoms with Gasteiger partial charge >= 0.3 is 0 Å². The second kappa shape index (κ2) is 6.65. The third kappa shape index (κ3) is 2.89. The van der Waals surface area contributed by atoms with Gasteiger partial charge in [0.05, 0.1) is 24.6 Å². The summed E-state index contributed by atoms with van der Waals surface area (Å²) in [5, 5.41) is 10.4. The molecule has 1 amide bonds. The zero-order chi connectivity index (χ0) is 16.4. The maximum absolute atomic E-state index is 12.7. The highest BCUT2D eigenvalue weighted by Crippen LogP contribution is 2.28. The standard InChI is InChI=1S/C18H22N4O2/c23-18(17-13-5-1-2-6-14(13)20-21-17)19-15-7-3-4-8-16(15)22-9-11-24-12-10-22/h3-4,7-8H,1-2,5-6,9-12H2,(H,19,23)(H,20,21). The molecule has 2 heterocycles. The lowest BCUT2D eigenvalue weighted by Gasteiger charge is -2.30. The Morgan fingerprint density at radius 3 is 2.83 bits per heavy atom. The van der Waals surface area contributed by atoms with Crippen molar-refractivity contribution in [1.82, 2.24) is 10.2 Å². The van der Waals surface area contributed by atoms with Crippen LogP contribution in [0.3, 0.4) is 0 Å². The van der Waals surface area contributed by atoms with Crippen LogP contribution < -0.4 is 10.2 Å². The van der Waals surface area contributed by atoms with Crippen LogP contribution in [0.25, 0.3) is 0 Å². The molecular formula is C18H22N4O2. The van der Waals surface area contributed by atoms with Gasteiger partial charge in [-0.25, -0.2) is 0 Å². The summed E-state index contributed by atoms with van der Waals surface area (Å²) in [7, 11) is 0. The van der Waals surface area contributed by atoms with Gasteiger partial charge in [0.2, 0.25) is 0 Å². The third-order valence-corrected chi connectivity index (χ3v) is 4.78. The number of H-pyrrole nitrogens is 1. The number of anilines is 2. The summed E-state index contributed by atoms with van der Waals surface area (Å²) >= 11 is 0. The van der Waals surface area contributed by atoms with E-state index in [9.17, 15) is 4.79 Å². The van der Waals surface area contributed by atoms with Gasteiger partial charge in [-0.05, 0) is 37.8 Å². The molecule has 6 heteroatoms. The van der Waals surface area contributed by atoms with Gasteiger partial charge in [0.15, 0.2) is 5.69 Å². The number of ether oxygens (including phenoxy) is 1. The Balaban J connectivity index is 1.57. The van der Waals surface area contributed by atoms with Gasteiger partial charge in [0.25, 0.3) is 5.91 Å². The first-order chi connectivity index (χ1) is 11.8. The van der Waals surface area contributed by atoms with E-state index in [-0.39, 0.29) is 5.91 Å². The molecule has 1 fully saturated rings. The molecule has 1 aliphatic heterocycles. The molecule has 0 unspecified atom stereocenters. The lowest BCUT2D eigenvalue weighted by atomic mass is 9.96. The van der Waals surface area contributed by atoms with E-state index in [4.69, 9.17) is 4.74 Å². The van der Waals surface area contributed by atoms with E-state index in [2.05, 4.69) is 20.4 Å². The van der Waals surface area contributed by atoms with Crippen LogP contribution in [0.2, 0.25) is 0 Å². The van der Waals surface area contributed by atoms with Crippen molar-refractivity contribution in [1.29, 1.82) is 0 Å². The number of rotatable bonds is 3. The number of benzene rings is 1. The molecule has 4 rings (SSSR count). The van der Waals surface area contributed by atoms with E-state index < -0.39 is 0 Å². The van der Waals surface area contributed by atoms with E-state index in [1.54, 1.807) is 0 Å². The van der Waals surface area contributed by atoms with Gasteiger partial charge < -0.3 is 15.0 Å². The number of para-hydroxylation sites is 2. The highest BCUT2D eigenvalue weighted by Gasteiger charge is 2.23. The summed E-state index contributed by atoms with van der Waals surface area (Å²) in [4.78, 5) is 15.0. The van der Waals surface area contributed by atoms with Gasteiger partial charge in [-0.2, -0.15) is 5.10 Å². The van der Waals surface area contributed by atoms with E-state index in [0.29, 0.717) is 5.69 Å². The van der Waals surface area contributed by atoms with Crippen molar-refractivity contribution in [3.8, 4) is 0 Å². The van der Waals surface area contributed by atoms with Crippen molar-refractivity contribution >= 4 is 17.3 Å². The minimum absolute atomic E-state index is 0.130. The van der Waals surface area contributed by atoms with Crippen molar-refractivity contribution in [2.45, 2.75) is 25.7 Å². The largest absolute Gasteiger partial charge is 0.378 e. The van der Waals surface area contributed by atoms with Crippen LogP contribution in [0.4, 0.5) is 11.4 Å². The summed E-state index contributed by atoms with van der Waals surface area (Å²) in [5.74, 6) is -0.130. The zero-order valence-electron chi connectivity index (χ0n) is 13.7. The van der Waals surface area contributed by atoms with Crippen LogP contribution in [0.1, 0.15) is 34.6 Å². The minimum atomic E-state index is -0.130. The number of fused-ring (bicyclic) bond motifs is 1. The number of aromatic nitrogens is 2. The van der Waals surface area contributed by atoms with Gasteiger partial charge in [0, 0.05) is 24.3 Å². The summed E-state index contributed by atoms with van der Waals surface area (Å²) in [6.45, 7) is 3.11. The molecular weight excluding hydrogens is 304 g/mol. The normalized spacial score (nSPS) is 17.4. The predicted octanol–water partition coefficient (Wildman–Crippen LogP) is 2.38. The number of carbonyl (C=O) groups excluding carboxylic acids is 1. The average molecular weight is 326 g/mol. The van der Waals surface area contributed by atoms with Gasteiger partial charge in [-0.1, -0.05) is 12.1 Å². The first kappa shape index (κ1) is 15.2. The molecule has 1 aromatic carbocycles. The molecule has 2 aromatic rings. The fraction of sp³-hybridized carbons (Fsp3) is 0.444. The second-order valence-electron chi connectivity index (χ2n) is 6.31. The fourth-order valence-electron chi connectivity index (χ4n) is 3.51. The first-order valence-electron chi connectivity index (χ1n) is 8.62. The smallest absolute Gasteiger partial charge is 0.276 e. The molecule has 0 saturated carbocycles. The molecule has 126 valence electrons. The second-order valence-corrected chi connectivity index (χ2v) is 6.31. The molecule has 0 atom stereocenters. The third-order valence-electron chi connectivity index (χ3n) is 4.78. The number of carbonyl (C=O) groups is 1. The zero-order valence-corrected chi connectivity index (χ0v) is 13.7. The van der Waals surface area contributed by atoms with Crippen molar-refractivity contribution < 1.29 is 9.53 Å². The molecule has 0 spiro atoms. The highest BCUT2D eigenvalue weighted by molar-refractivity contribution is 6.05. The van der Waals surface area contributed by atoms with Crippen LogP contribution >= 0.6 is 0 Å². The number of aromatic amines is 1. The first-order valence-corrected chi connectivity index (χ1v) is 8.62. The average Bonchev–Trinajstić information content (AvgIpc) is 3.07. The van der Waals surface area contributed by atoms with Gasteiger partial charge in [-0.3, -0.25) is 9.89 Å². The molecule has 1 aliphatic carbocycles. The highest BCUT2D eigenvalue weighted by atomic mass is 16.5. The van der Waals surface area contributed by atoms with Crippen LogP contribution in [0.5, 0.6) is 0 Å². The Labute approximate surface area is 141 Å². The Hall–Kier alpha value is -2.34. The summed E-state index contributed by atoms with van der Waals surface area (Å²) in [5.41, 5.74) is 4.62. The molecule has 0 bridgehead atoms. The molecule has 0 radical (unpaired) electrons. The lowest BCUT2D eigenvalue weighted by Crippen LogP contribution is -2.36. The Morgan fingerprint density at radius 1 is 1.17 bits per heavy atom. The monoisotopic (exact) mass is 326 g/mol. The van der Waals surface area contributed by atoms with Crippen molar-refractivity contribution in [3.63, 3.8) is 0 Å². The van der Waals surface area contributed by atoms with E-state index in [0.717, 1.165) is 74.6 Å². The number of amides is 1. The van der Waals surface area contributed by atoms with Crippen LogP contribution in [0.15, 0.2) is 24.3 Å². The number of hydrogen-bond acceptors (Lipinski definition) is 4. The molecule has 6 nitrogen and oxygen atoms in total. The molecule has 1 saturated heterocycles. The predicted molar refractivity (Wildman–Crippen MR) is 92.7 cm³/mol. The SMILES string of the molecule is O=C(Nc1ccccc1N1CCOCC1)c1n[nH]c2c1CCCC2. The molecule has 2 aliphatic rings. The summed E-state index contributed by atoms with van der Waals surface area (Å²) in [6, 6.07) is 7.93. The number of nitrogens with one attached hydrogen (secondary N) is 2. The topological polar surface area (TPSA) is 70.2 Å². The minimum Gasteiger partial charge on any atom is -0.378 e. The number of hydrogen-bond donors (Lipinski definition) is 2. The Morgan fingerprint density at radius 2 is 1.96 bits per heavy atom. The Bertz CT molecular complexity index is 734. The number of morpholine rings is 1. The van der Waals surface area contributed by atoms with Crippen molar-refractivity contribution in [2.24, 2.45) is 0 Å². The van der Waals surface area contributed by atoms with Crippen LogP contribution in [-0.4, -0.2) is 42.4 Å². The lowest BCUT2D eigenvalue weighted by molar-refractivity contribution is 0.102. The number of aryl methyl sites for hydroxylation is 1. The van der Waals surface area contributed by atoms with E-state index >= 15 is 0 Å². The maximum Gasteiger partial charge on any atom is 0.276 e. The maximum atomic E-state index is 12.7. The van der Waals surface area contributed by atoms with E-state index in [1.807, 2.05) is 24.3 Å². The summed E-state index contributed by atoms with van der Waals surface area (Å²) < 4.78 is 5.42. The molecule has 24 heavy (non-hydrogen) atoms. The Kier molecular flexibility index (Phi) is 4.21. The quantitative estimate of drug-likeness (QED) is 0.908. The van der Waals surface area contributed by atoms with Crippen LogP contribution in [0, 0.1) is 0 Å². The van der Waals surface area contributed by atoms with Gasteiger partial charge in [-0.15, -0.1) is 0 Å². The number of nitrogens with zero attached hydrogens (tertiary/aromatic N) is 2. The molecule has 1 aromatic heterocycles. The van der Waals surface area contributed by atoms with Crippen molar-refractivity contribution in [3.05, 3.63) is 41.2 Å².